The summed E-state index contributed by atoms with van der Waals surface area (Å²) in [5.41, 5.74) is 1.49. The minimum absolute atomic E-state index is 0.196. The molecule has 0 saturated heterocycles. The Morgan fingerprint density at radius 2 is 1.46 bits per heavy atom. The molecule has 0 radical (unpaired) electrons. The van der Waals surface area contributed by atoms with E-state index in [0.717, 1.165) is 10.0 Å². The molecule has 1 N–H and O–H groups in total. The number of carbonyl (C=O) groups is 1. The average molecular weight is 422 g/mol. The molecule has 2 aromatic rings. The molecule has 0 aliphatic carbocycles. The van der Waals surface area contributed by atoms with Gasteiger partial charge in [-0.3, -0.25) is 4.79 Å². The normalized spacial score (nSPS) is 10.3. The van der Waals surface area contributed by atoms with Gasteiger partial charge in [-0.25, -0.2) is 0 Å². The molecule has 0 unspecified atom stereocenters. The van der Waals surface area contributed by atoms with Crippen LogP contribution in [-0.4, -0.2) is 25.7 Å². The lowest BCUT2D eigenvalue weighted by Crippen LogP contribution is -2.23. The predicted molar refractivity (Wildman–Crippen MR) is 105 cm³/mol. The van der Waals surface area contributed by atoms with Crippen LogP contribution in [0.25, 0.3) is 0 Å². The Kier molecular flexibility index (Phi) is 7.78. The van der Waals surface area contributed by atoms with Gasteiger partial charge in [0, 0.05) is 16.6 Å². The second-order valence-corrected chi connectivity index (χ2v) is 6.33. The Balaban J connectivity index is 2.22. The topological polar surface area (TPSA) is 56.8 Å². The van der Waals surface area contributed by atoms with E-state index in [9.17, 15) is 4.79 Å². The highest BCUT2D eigenvalue weighted by atomic mass is 79.9. The van der Waals surface area contributed by atoms with Crippen molar-refractivity contribution in [2.24, 2.45) is 0 Å². The molecule has 5 nitrogen and oxygen atoms in total. The largest absolute Gasteiger partial charge is 0.490 e. The predicted octanol–water partition coefficient (Wildman–Crippen LogP) is 4.58. The summed E-state index contributed by atoms with van der Waals surface area (Å²) in [5, 5.41) is 2.92. The summed E-state index contributed by atoms with van der Waals surface area (Å²) >= 11 is 3.40. The van der Waals surface area contributed by atoms with Crippen LogP contribution in [0, 0.1) is 0 Å². The van der Waals surface area contributed by atoms with E-state index >= 15 is 0 Å². The van der Waals surface area contributed by atoms with Crippen molar-refractivity contribution in [1.82, 2.24) is 5.32 Å². The number of halogens is 1. The van der Waals surface area contributed by atoms with Crippen LogP contribution in [0.15, 0.2) is 40.9 Å². The summed E-state index contributed by atoms with van der Waals surface area (Å²) in [7, 11) is 0. The maximum atomic E-state index is 12.6. The minimum atomic E-state index is -0.196. The number of rotatable bonds is 9. The quantitative estimate of drug-likeness (QED) is 0.643. The zero-order valence-corrected chi connectivity index (χ0v) is 16.9. The highest BCUT2D eigenvalue weighted by Gasteiger charge is 2.18. The molecular weight excluding hydrogens is 398 g/mol. The number of ether oxygens (including phenoxy) is 3. The number of nitrogens with one attached hydrogen (secondary N) is 1. The second kappa shape index (κ2) is 10.1. The first kappa shape index (κ1) is 20.1. The second-order valence-electron chi connectivity index (χ2n) is 5.41. The molecular formula is C20H24BrNO4. The first-order valence-electron chi connectivity index (χ1n) is 8.68. The molecule has 0 saturated carbocycles. The van der Waals surface area contributed by atoms with Crippen LogP contribution in [0.5, 0.6) is 17.2 Å². The number of hydrogen-bond acceptors (Lipinski definition) is 4. The Bertz CT molecular complexity index is 704. The average Bonchev–Trinajstić information content (AvgIpc) is 2.63. The van der Waals surface area contributed by atoms with Gasteiger partial charge >= 0.3 is 0 Å². The van der Waals surface area contributed by atoms with Gasteiger partial charge in [0.15, 0.2) is 11.5 Å². The van der Waals surface area contributed by atoms with Crippen LogP contribution in [0.4, 0.5) is 0 Å². The van der Waals surface area contributed by atoms with Gasteiger partial charge in [0.2, 0.25) is 5.75 Å². The Labute approximate surface area is 162 Å². The molecule has 26 heavy (non-hydrogen) atoms. The van der Waals surface area contributed by atoms with Gasteiger partial charge in [-0.05, 0) is 50.6 Å². The number of carbonyl (C=O) groups excluding carboxylic acids is 1. The van der Waals surface area contributed by atoms with Gasteiger partial charge in [-0.2, -0.15) is 0 Å². The number of amides is 1. The monoisotopic (exact) mass is 421 g/mol. The van der Waals surface area contributed by atoms with E-state index in [4.69, 9.17) is 14.2 Å². The smallest absolute Gasteiger partial charge is 0.251 e. The summed E-state index contributed by atoms with van der Waals surface area (Å²) in [4.78, 5) is 12.6. The minimum Gasteiger partial charge on any atom is -0.490 e. The summed E-state index contributed by atoms with van der Waals surface area (Å²) in [6.07, 6.45) is 0. The number of benzene rings is 2. The Morgan fingerprint density at radius 3 is 1.96 bits per heavy atom. The van der Waals surface area contributed by atoms with Crippen molar-refractivity contribution in [3.05, 3.63) is 52.0 Å². The van der Waals surface area contributed by atoms with Gasteiger partial charge < -0.3 is 19.5 Å². The van der Waals surface area contributed by atoms with Crippen LogP contribution in [0.1, 0.15) is 36.7 Å². The van der Waals surface area contributed by atoms with Crippen molar-refractivity contribution < 1.29 is 19.0 Å². The first-order valence-corrected chi connectivity index (χ1v) is 9.47. The van der Waals surface area contributed by atoms with Crippen LogP contribution in [0.3, 0.4) is 0 Å². The van der Waals surface area contributed by atoms with Gasteiger partial charge in [0.1, 0.15) is 0 Å². The van der Waals surface area contributed by atoms with E-state index in [-0.39, 0.29) is 5.91 Å². The van der Waals surface area contributed by atoms with Crippen LogP contribution in [0.2, 0.25) is 0 Å². The molecule has 0 bridgehead atoms. The lowest BCUT2D eigenvalue weighted by atomic mass is 10.1. The Hall–Kier alpha value is -2.21. The zero-order chi connectivity index (χ0) is 18.9. The molecule has 0 aromatic heterocycles. The molecule has 6 heteroatoms. The number of hydrogen-bond donors (Lipinski definition) is 1. The van der Waals surface area contributed by atoms with E-state index in [1.807, 2.05) is 45.0 Å². The highest BCUT2D eigenvalue weighted by Crippen LogP contribution is 2.39. The van der Waals surface area contributed by atoms with Crippen molar-refractivity contribution >= 4 is 21.8 Å². The summed E-state index contributed by atoms with van der Waals surface area (Å²) < 4.78 is 18.0. The zero-order valence-electron chi connectivity index (χ0n) is 15.3. The van der Waals surface area contributed by atoms with E-state index < -0.39 is 0 Å². The third-order valence-electron chi connectivity index (χ3n) is 3.54. The first-order chi connectivity index (χ1) is 12.6. The molecule has 1 amide bonds. The maximum absolute atomic E-state index is 12.6. The van der Waals surface area contributed by atoms with Crippen LogP contribution >= 0.6 is 15.9 Å². The Morgan fingerprint density at radius 1 is 0.923 bits per heavy atom. The lowest BCUT2D eigenvalue weighted by Gasteiger charge is -2.17. The third-order valence-corrected chi connectivity index (χ3v) is 4.07. The van der Waals surface area contributed by atoms with Crippen molar-refractivity contribution in [3.8, 4) is 17.2 Å². The molecule has 0 heterocycles. The standard InChI is InChI=1S/C20H24BrNO4/c1-4-24-17-11-15(12-18(25-5-2)19(17)26-6-3)20(23)22-13-14-7-9-16(21)10-8-14/h7-12H,4-6,13H2,1-3H3,(H,22,23). The van der Waals surface area contributed by atoms with Crippen molar-refractivity contribution in [1.29, 1.82) is 0 Å². The molecule has 0 atom stereocenters. The van der Waals surface area contributed by atoms with Gasteiger partial charge in [-0.1, -0.05) is 28.1 Å². The molecule has 2 rings (SSSR count). The highest BCUT2D eigenvalue weighted by molar-refractivity contribution is 9.10. The van der Waals surface area contributed by atoms with Gasteiger partial charge in [0.05, 0.1) is 19.8 Å². The van der Waals surface area contributed by atoms with Gasteiger partial charge in [0.25, 0.3) is 5.91 Å². The molecule has 0 aliphatic heterocycles. The van der Waals surface area contributed by atoms with E-state index in [1.54, 1.807) is 12.1 Å². The molecule has 0 fully saturated rings. The summed E-state index contributed by atoms with van der Waals surface area (Å²) in [6, 6.07) is 11.2. The van der Waals surface area contributed by atoms with E-state index in [0.29, 0.717) is 49.2 Å². The van der Waals surface area contributed by atoms with Crippen molar-refractivity contribution in [2.75, 3.05) is 19.8 Å². The van der Waals surface area contributed by atoms with Crippen molar-refractivity contribution in [3.63, 3.8) is 0 Å². The molecule has 0 aliphatic rings. The fourth-order valence-electron chi connectivity index (χ4n) is 2.41. The summed E-state index contributed by atoms with van der Waals surface area (Å²) in [5.74, 6) is 1.35. The van der Waals surface area contributed by atoms with Crippen LogP contribution in [-0.2, 0) is 6.54 Å². The molecule has 2 aromatic carbocycles. The third kappa shape index (κ3) is 5.39. The van der Waals surface area contributed by atoms with Crippen molar-refractivity contribution in [2.45, 2.75) is 27.3 Å². The SMILES string of the molecule is CCOc1cc(C(=O)NCc2ccc(Br)cc2)cc(OCC)c1OCC. The lowest BCUT2D eigenvalue weighted by molar-refractivity contribution is 0.0949. The summed E-state index contributed by atoms with van der Waals surface area (Å²) in [6.45, 7) is 7.52. The van der Waals surface area contributed by atoms with E-state index in [1.165, 1.54) is 0 Å². The van der Waals surface area contributed by atoms with Crippen LogP contribution < -0.4 is 19.5 Å². The molecule has 140 valence electrons. The fourth-order valence-corrected chi connectivity index (χ4v) is 2.67. The van der Waals surface area contributed by atoms with E-state index in [2.05, 4.69) is 21.2 Å². The van der Waals surface area contributed by atoms with Gasteiger partial charge in [-0.15, -0.1) is 0 Å². The fraction of sp³-hybridized carbons (Fsp3) is 0.350. The maximum Gasteiger partial charge on any atom is 0.251 e. The molecule has 0 spiro atoms.